The van der Waals surface area contributed by atoms with Gasteiger partial charge in [-0.3, -0.25) is 4.90 Å². The summed E-state index contributed by atoms with van der Waals surface area (Å²) in [6.45, 7) is 7.49. The molecule has 0 N–H and O–H groups in total. The number of piperazine rings is 1. The van der Waals surface area contributed by atoms with Crippen LogP contribution in [0, 0.1) is 0 Å². The lowest BCUT2D eigenvalue weighted by Crippen LogP contribution is -2.45. The van der Waals surface area contributed by atoms with Gasteiger partial charge in [-0.25, -0.2) is 4.98 Å². The maximum absolute atomic E-state index is 6.05. The van der Waals surface area contributed by atoms with Crippen molar-refractivity contribution < 1.29 is 0 Å². The Balaban J connectivity index is 1.70. The fourth-order valence-corrected chi connectivity index (χ4v) is 3.85. The largest absolute Gasteiger partial charge is 0.322 e. The normalized spacial score (nSPS) is 17.7. The number of benzene rings is 2. The molecule has 136 valence electrons. The fraction of sp³-hybridized carbons (Fsp3) is 0.381. The van der Waals surface area contributed by atoms with Gasteiger partial charge in [0.1, 0.15) is 5.82 Å². The summed E-state index contributed by atoms with van der Waals surface area (Å²) in [5, 5.41) is 0.773. The van der Waals surface area contributed by atoms with Crippen molar-refractivity contribution in [2.75, 3.05) is 33.2 Å². The molecule has 5 heteroatoms. The minimum Gasteiger partial charge on any atom is -0.322 e. The van der Waals surface area contributed by atoms with Gasteiger partial charge in [0.25, 0.3) is 0 Å². The number of para-hydroxylation sites is 2. The molecule has 0 saturated carbocycles. The molecule has 1 unspecified atom stereocenters. The SMILES string of the molecule is CC(c1nc2ccccc2n1Cc1ccc(Cl)cc1)N1CCN(C)CC1. The smallest absolute Gasteiger partial charge is 0.127 e. The molecule has 0 radical (unpaired) electrons. The van der Waals surface area contributed by atoms with E-state index in [0.717, 1.165) is 49.1 Å². The zero-order valence-corrected chi connectivity index (χ0v) is 16.2. The van der Waals surface area contributed by atoms with Crippen molar-refractivity contribution in [3.8, 4) is 0 Å². The maximum Gasteiger partial charge on any atom is 0.127 e. The Morgan fingerprint density at radius 1 is 1.00 bits per heavy atom. The van der Waals surface area contributed by atoms with Crippen molar-refractivity contribution in [2.24, 2.45) is 0 Å². The van der Waals surface area contributed by atoms with Crippen LogP contribution in [0.3, 0.4) is 0 Å². The van der Waals surface area contributed by atoms with E-state index < -0.39 is 0 Å². The number of hydrogen-bond acceptors (Lipinski definition) is 3. The van der Waals surface area contributed by atoms with Gasteiger partial charge in [-0.1, -0.05) is 35.9 Å². The standard InChI is InChI=1S/C21H25ClN4/c1-16(25-13-11-24(2)12-14-25)21-23-19-5-3-4-6-20(19)26(21)15-17-7-9-18(22)10-8-17/h3-10,16H,11-15H2,1-2H3. The number of likely N-dealkylation sites (N-methyl/N-ethyl adjacent to an activating group) is 1. The van der Waals surface area contributed by atoms with Crippen LogP contribution in [0.5, 0.6) is 0 Å². The van der Waals surface area contributed by atoms with E-state index in [9.17, 15) is 0 Å². The Labute approximate surface area is 160 Å². The Bertz CT molecular complexity index is 879. The molecule has 0 bridgehead atoms. The zero-order chi connectivity index (χ0) is 18.1. The Hall–Kier alpha value is -1.88. The number of hydrogen-bond donors (Lipinski definition) is 0. The first-order valence-corrected chi connectivity index (χ1v) is 9.62. The molecule has 1 fully saturated rings. The van der Waals surface area contributed by atoms with Crippen LogP contribution in [0.4, 0.5) is 0 Å². The number of fused-ring (bicyclic) bond motifs is 1. The van der Waals surface area contributed by atoms with Crippen LogP contribution in [0.2, 0.25) is 5.02 Å². The minimum absolute atomic E-state index is 0.295. The third kappa shape index (κ3) is 3.50. The number of halogens is 1. The number of nitrogens with zero attached hydrogens (tertiary/aromatic N) is 4. The minimum atomic E-state index is 0.295. The quantitative estimate of drug-likeness (QED) is 0.694. The van der Waals surface area contributed by atoms with E-state index in [4.69, 9.17) is 16.6 Å². The second kappa shape index (κ2) is 7.39. The van der Waals surface area contributed by atoms with Gasteiger partial charge in [0.2, 0.25) is 0 Å². The van der Waals surface area contributed by atoms with Crippen molar-refractivity contribution >= 4 is 22.6 Å². The van der Waals surface area contributed by atoms with Crippen LogP contribution in [-0.2, 0) is 6.54 Å². The van der Waals surface area contributed by atoms with Gasteiger partial charge in [-0.2, -0.15) is 0 Å². The summed E-state index contributed by atoms with van der Waals surface area (Å²) in [4.78, 5) is 9.93. The molecule has 4 nitrogen and oxygen atoms in total. The zero-order valence-electron chi connectivity index (χ0n) is 15.4. The second-order valence-corrected chi connectivity index (χ2v) is 7.62. The molecule has 26 heavy (non-hydrogen) atoms. The van der Waals surface area contributed by atoms with Crippen LogP contribution in [0.25, 0.3) is 11.0 Å². The van der Waals surface area contributed by atoms with Crippen LogP contribution in [0.15, 0.2) is 48.5 Å². The highest BCUT2D eigenvalue weighted by molar-refractivity contribution is 6.30. The lowest BCUT2D eigenvalue weighted by molar-refractivity contribution is 0.114. The molecule has 2 aromatic carbocycles. The summed E-state index contributed by atoms with van der Waals surface area (Å²) >= 11 is 6.05. The number of rotatable bonds is 4. The molecule has 0 aliphatic carbocycles. The summed E-state index contributed by atoms with van der Waals surface area (Å²) in [5.41, 5.74) is 3.50. The highest BCUT2D eigenvalue weighted by Gasteiger charge is 2.25. The first-order valence-electron chi connectivity index (χ1n) is 9.24. The first-order chi connectivity index (χ1) is 12.6. The lowest BCUT2D eigenvalue weighted by Gasteiger charge is -2.36. The summed E-state index contributed by atoms with van der Waals surface area (Å²) in [5.74, 6) is 1.14. The van der Waals surface area contributed by atoms with Gasteiger partial charge >= 0.3 is 0 Å². The molecule has 4 rings (SSSR count). The van der Waals surface area contributed by atoms with E-state index in [0.29, 0.717) is 6.04 Å². The van der Waals surface area contributed by atoms with Crippen LogP contribution < -0.4 is 0 Å². The molecule has 1 aliphatic heterocycles. The summed E-state index contributed by atoms with van der Waals surface area (Å²) in [6, 6.07) is 16.8. The van der Waals surface area contributed by atoms with Crippen molar-refractivity contribution in [2.45, 2.75) is 19.5 Å². The van der Waals surface area contributed by atoms with Crippen LogP contribution >= 0.6 is 11.6 Å². The van der Waals surface area contributed by atoms with Gasteiger partial charge in [0, 0.05) is 37.7 Å². The van der Waals surface area contributed by atoms with Gasteiger partial charge in [-0.15, -0.1) is 0 Å². The van der Waals surface area contributed by atoms with Crippen LogP contribution in [0.1, 0.15) is 24.4 Å². The molecule has 1 aliphatic rings. The van der Waals surface area contributed by atoms with E-state index >= 15 is 0 Å². The third-order valence-electron chi connectivity index (χ3n) is 5.40. The van der Waals surface area contributed by atoms with Crippen molar-refractivity contribution in [3.63, 3.8) is 0 Å². The highest BCUT2D eigenvalue weighted by Crippen LogP contribution is 2.26. The predicted octanol–water partition coefficient (Wildman–Crippen LogP) is 4.05. The fourth-order valence-electron chi connectivity index (χ4n) is 3.72. The maximum atomic E-state index is 6.05. The van der Waals surface area contributed by atoms with Gasteiger partial charge in [0.15, 0.2) is 0 Å². The Morgan fingerprint density at radius 2 is 1.69 bits per heavy atom. The third-order valence-corrected chi connectivity index (χ3v) is 5.65. The summed E-state index contributed by atoms with van der Waals surface area (Å²) < 4.78 is 2.36. The first kappa shape index (κ1) is 17.5. The average molecular weight is 369 g/mol. The molecule has 1 aromatic heterocycles. The van der Waals surface area contributed by atoms with Crippen molar-refractivity contribution in [1.82, 2.24) is 19.4 Å². The second-order valence-electron chi connectivity index (χ2n) is 7.19. The molecular formula is C21H25ClN4. The van der Waals surface area contributed by atoms with Crippen LogP contribution in [-0.4, -0.2) is 52.6 Å². The Kier molecular flexibility index (Phi) is 4.98. The summed E-state index contributed by atoms with van der Waals surface area (Å²) in [7, 11) is 2.19. The lowest BCUT2D eigenvalue weighted by atomic mass is 10.2. The van der Waals surface area contributed by atoms with E-state index in [1.54, 1.807) is 0 Å². The van der Waals surface area contributed by atoms with E-state index in [-0.39, 0.29) is 0 Å². The molecular weight excluding hydrogens is 344 g/mol. The molecule has 0 spiro atoms. The molecule has 2 heterocycles. The molecule has 3 aromatic rings. The number of aromatic nitrogens is 2. The van der Waals surface area contributed by atoms with Gasteiger partial charge < -0.3 is 9.47 Å². The van der Waals surface area contributed by atoms with E-state index in [1.165, 1.54) is 11.1 Å². The van der Waals surface area contributed by atoms with Crippen molar-refractivity contribution in [3.05, 3.63) is 64.9 Å². The van der Waals surface area contributed by atoms with Gasteiger partial charge in [-0.05, 0) is 43.8 Å². The molecule has 0 amide bonds. The van der Waals surface area contributed by atoms with E-state index in [2.05, 4.69) is 64.7 Å². The van der Waals surface area contributed by atoms with Gasteiger partial charge in [0.05, 0.1) is 17.1 Å². The molecule has 1 atom stereocenters. The topological polar surface area (TPSA) is 24.3 Å². The highest BCUT2D eigenvalue weighted by atomic mass is 35.5. The Morgan fingerprint density at radius 3 is 2.42 bits per heavy atom. The van der Waals surface area contributed by atoms with E-state index in [1.807, 2.05) is 12.1 Å². The predicted molar refractivity (Wildman–Crippen MR) is 108 cm³/mol. The summed E-state index contributed by atoms with van der Waals surface area (Å²) in [6.07, 6.45) is 0. The number of imidazole rings is 1. The average Bonchev–Trinajstić information content (AvgIpc) is 3.02. The monoisotopic (exact) mass is 368 g/mol. The van der Waals surface area contributed by atoms with Crippen molar-refractivity contribution in [1.29, 1.82) is 0 Å². The molecule has 1 saturated heterocycles.